The largest absolute Gasteiger partial charge is 0.351 e. The molecule has 0 spiro atoms. The highest BCUT2D eigenvalue weighted by Crippen LogP contribution is 2.19. The summed E-state index contributed by atoms with van der Waals surface area (Å²) in [5, 5.41) is 16.8. The minimum absolute atomic E-state index is 0.118. The lowest BCUT2D eigenvalue weighted by Crippen LogP contribution is -2.26. The topological polar surface area (TPSA) is 111 Å². The summed E-state index contributed by atoms with van der Waals surface area (Å²) >= 11 is 1.95. The summed E-state index contributed by atoms with van der Waals surface area (Å²) in [5.41, 5.74) is 0.151. The summed E-state index contributed by atoms with van der Waals surface area (Å²) in [4.78, 5) is 25.9. The van der Waals surface area contributed by atoms with Gasteiger partial charge in [0.25, 0.3) is 11.6 Å². The van der Waals surface area contributed by atoms with Crippen LogP contribution in [0.3, 0.4) is 0 Å². The molecule has 9 heteroatoms. The number of nitro benzene ring substituents is 1. The van der Waals surface area contributed by atoms with Crippen molar-refractivity contribution in [3.8, 4) is 0 Å². The van der Waals surface area contributed by atoms with Crippen molar-refractivity contribution >= 4 is 34.2 Å². The Hall–Kier alpha value is -2.04. The number of carbonyl (C=O) groups excluding carboxylic acids is 1. The fourth-order valence-electron chi connectivity index (χ4n) is 1.49. The van der Waals surface area contributed by atoms with Gasteiger partial charge in [0.05, 0.1) is 10.5 Å². The third kappa shape index (κ3) is 3.50. The standard InChI is InChI=1S/C11H9IN4O4/c12-9-2-1-7(16(18)19)5-8(9)11(17)13-4-3-10-14-6-15-20-10/h1-2,5-6H,3-4H2,(H,13,17). The van der Waals surface area contributed by atoms with Crippen molar-refractivity contribution in [2.24, 2.45) is 0 Å². The summed E-state index contributed by atoms with van der Waals surface area (Å²) in [6.45, 7) is 0.305. The highest BCUT2D eigenvalue weighted by Gasteiger charge is 2.15. The van der Waals surface area contributed by atoms with Crippen LogP contribution in [0.4, 0.5) is 5.69 Å². The van der Waals surface area contributed by atoms with E-state index in [9.17, 15) is 14.9 Å². The molecule has 2 aromatic rings. The molecule has 0 bridgehead atoms. The minimum Gasteiger partial charge on any atom is -0.351 e. The van der Waals surface area contributed by atoms with Gasteiger partial charge in [-0.25, -0.2) is 0 Å². The fraction of sp³-hybridized carbons (Fsp3) is 0.182. The van der Waals surface area contributed by atoms with Gasteiger partial charge in [0.1, 0.15) is 0 Å². The van der Waals surface area contributed by atoms with E-state index < -0.39 is 4.92 Å². The van der Waals surface area contributed by atoms with Gasteiger partial charge in [-0.05, 0) is 28.7 Å². The lowest BCUT2D eigenvalue weighted by molar-refractivity contribution is -0.384. The molecule has 0 aliphatic carbocycles. The monoisotopic (exact) mass is 388 g/mol. The molecule has 0 radical (unpaired) electrons. The first-order valence-electron chi connectivity index (χ1n) is 5.55. The van der Waals surface area contributed by atoms with Gasteiger partial charge in [-0.3, -0.25) is 14.9 Å². The third-order valence-electron chi connectivity index (χ3n) is 2.44. The molecule has 20 heavy (non-hydrogen) atoms. The van der Waals surface area contributed by atoms with Crippen molar-refractivity contribution in [3.05, 3.63) is 49.7 Å². The first kappa shape index (κ1) is 14.4. The number of nitrogens with zero attached hydrogens (tertiary/aromatic N) is 3. The number of amides is 1. The number of non-ortho nitro benzene ring substituents is 1. The Morgan fingerprint density at radius 3 is 2.95 bits per heavy atom. The van der Waals surface area contributed by atoms with E-state index in [-0.39, 0.29) is 17.2 Å². The summed E-state index contributed by atoms with van der Waals surface area (Å²) in [7, 11) is 0. The molecule has 0 aliphatic heterocycles. The van der Waals surface area contributed by atoms with Crippen LogP contribution >= 0.6 is 22.6 Å². The van der Waals surface area contributed by atoms with Gasteiger partial charge >= 0.3 is 0 Å². The molecule has 2 rings (SSSR count). The lowest BCUT2D eigenvalue weighted by Gasteiger charge is -2.05. The highest BCUT2D eigenvalue weighted by atomic mass is 127. The van der Waals surface area contributed by atoms with Gasteiger partial charge in [0.2, 0.25) is 5.89 Å². The van der Waals surface area contributed by atoms with Crippen LogP contribution < -0.4 is 5.32 Å². The first-order valence-corrected chi connectivity index (χ1v) is 6.63. The number of carbonyl (C=O) groups is 1. The number of rotatable bonds is 5. The molecular weight excluding hydrogens is 379 g/mol. The number of hydrogen-bond donors (Lipinski definition) is 1. The summed E-state index contributed by atoms with van der Waals surface area (Å²) in [5.74, 6) is 0.0386. The van der Waals surface area contributed by atoms with Crippen LogP contribution in [0.1, 0.15) is 16.2 Å². The minimum atomic E-state index is -0.536. The van der Waals surface area contributed by atoms with Crippen LogP contribution in [-0.4, -0.2) is 27.5 Å². The second-order valence-corrected chi connectivity index (χ2v) is 4.92. The molecule has 1 aromatic carbocycles. The average molecular weight is 388 g/mol. The molecular formula is C11H9IN4O4. The molecule has 1 aromatic heterocycles. The Morgan fingerprint density at radius 1 is 1.50 bits per heavy atom. The Balaban J connectivity index is 2.01. The summed E-state index contributed by atoms with van der Waals surface area (Å²) in [6, 6.07) is 4.15. The van der Waals surface area contributed by atoms with Gasteiger partial charge in [-0.15, -0.1) is 0 Å². The van der Waals surface area contributed by atoms with E-state index in [0.717, 1.165) is 0 Å². The smallest absolute Gasteiger partial charge is 0.270 e. The molecule has 0 aliphatic rings. The van der Waals surface area contributed by atoms with Gasteiger partial charge in [0.15, 0.2) is 6.33 Å². The predicted molar refractivity (Wildman–Crippen MR) is 76.1 cm³/mol. The van der Waals surface area contributed by atoms with E-state index >= 15 is 0 Å². The second-order valence-electron chi connectivity index (χ2n) is 3.76. The molecule has 0 atom stereocenters. The van der Waals surface area contributed by atoms with Crippen molar-refractivity contribution in [2.75, 3.05) is 6.54 Å². The molecule has 0 saturated carbocycles. The normalized spacial score (nSPS) is 10.2. The maximum atomic E-state index is 12.0. The van der Waals surface area contributed by atoms with E-state index in [1.54, 1.807) is 0 Å². The van der Waals surface area contributed by atoms with E-state index in [0.29, 0.717) is 22.4 Å². The van der Waals surface area contributed by atoms with Gasteiger partial charge < -0.3 is 9.84 Å². The highest BCUT2D eigenvalue weighted by molar-refractivity contribution is 14.1. The van der Waals surface area contributed by atoms with E-state index in [4.69, 9.17) is 4.52 Å². The van der Waals surface area contributed by atoms with Gasteiger partial charge in [-0.2, -0.15) is 4.98 Å². The van der Waals surface area contributed by atoms with Crippen LogP contribution in [0.2, 0.25) is 0 Å². The quantitative estimate of drug-likeness (QED) is 0.473. The Morgan fingerprint density at radius 2 is 2.30 bits per heavy atom. The van der Waals surface area contributed by atoms with Gasteiger partial charge in [-0.1, -0.05) is 5.16 Å². The molecule has 8 nitrogen and oxygen atoms in total. The number of halogens is 1. The van der Waals surface area contributed by atoms with Crippen LogP contribution in [0.15, 0.2) is 29.0 Å². The first-order chi connectivity index (χ1) is 9.58. The Kier molecular flexibility index (Phi) is 4.61. The molecule has 1 amide bonds. The molecule has 1 N–H and O–H groups in total. The maximum Gasteiger partial charge on any atom is 0.270 e. The predicted octanol–water partition coefficient (Wildman–Crippen LogP) is 1.55. The number of nitrogens with one attached hydrogen (secondary N) is 1. The van der Waals surface area contributed by atoms with Gasteiger partial charge in [0, 0.05) is 28.7 Å². The molecule has 0 fully saturated rings. The molecule has 0 unspecified atom stereocenters. The van der Waals surface area contributed by atoms with Crippen molar-refractivity contribution in [2.45, 2.75) is 6.42 Å². The van der Waals surface area contributed by atoms with Crippen molar-refractivity contribution < 1.29 is 14.2 Å². The number of nitro groups is 1. The number of aromatic nitrogens is 2. The average Bonchev–Trinajstić information content (AvgIpc) is 2.92. The number of benzene rings is 1. The summed E-state index contributed by atoms with van der Waals surface area (Å²) < 4.78 is 5.43. The maximum absolute atomic E-state index is 12.0. The SMILES string of the molecule is O=C(NCCc1ncno1)c1cc([N+](=O)[O-])ccc1I. The molecule has 104 valence electrons. The third-order valence-corrected chi connectivity index (χ3v) is 3.38. The zero-order valence-electron chi connectivity index (χ0n) is 10.1. The zero-order valence-corrected chi connectivity index (χ0v) is 12.2. The second kappa shape index (κ2) is 6.41. The Labute approximate surface area is 126 Å². The van der Waals surface area contributed by atoms with E-state index in [1.165, 1.54) is 24.5 Å². The van der Waals surface area contributed by atoms with Crippen molar-refractivity contribution in [3.63, 3.8) is 0 Å². The van der Waals surface area contributed by atoms with Crippen molar-refractivity contribution in [1.82, 2.24) is 15.5 Å². The van der Waals surface area contributed by atoms with Crippen LogP contribution in [0.25, 0.3) is 0 Å². The Bertz CT molecular complexity index is 629. The van der Waals surface area contributed by atoms with Crippen LogP contribution in [0.5, 0.6) is 0 Å². The number of hydrogen-bond acceptors (Lipinski definition) is 6. The van der Waals surface area contributed by atoms with Crippen LogP contribution in [0, 0.1) is 13.7 Å². The lowest BCUT2D eigenvalue weighted by atomic mass is 10.2. The molecule has 0 saturated heterocycles. The fourth-order valence-corrected chi connectivity index (χ4v) is 2.07. The summed E-state index contributed by atoms with van der Waals surface area (Å²) in [6.07, 6.45) is 1.68. The van der Waals surface area contributed by atoms with E-state index in [1.807, 2.05) is 22.6 Å². The van der Waals surface area contributed by atoms with E-state index in [2.05, 4.69) is 15.5 Å². The van der Waals surface area contributed by atoms with Crippen LogP contribution in [-0.2, 0) is 6.42 Å². The zero-order chi connectivity index (χ0) is 14.5. The van der Waals surface area contributed by atoms with Crippen molar-refractivity contribution in [1.29, 1.82) is 0 Å². The molecule has 1 heterocycles.